The number of rotatable bonds is 7. The normalized spacial score (nSPS) is 10.7. The molecular formula is C24H20FN3O4. The maximum Gasteiger partial charge on any atom is 0.251 e. The van der Waals surface area contributed by atoms with Gasteiger partial charge in [-0.05, 0) is 48.5 Å². The zero-order valence-electron chi connectivity index (χ0n) is 17.5. The predicted molar refractivity (Wildman–Crippen MR) is 117 cm³/mol. The van der Waals surface area contributed by atoms with Crippen LogP contribution in [0.4, 0.5) is 4.39 Å². The van der Waals surface area contributed by atoms with Gasteiger partial charge in [0.2, 0.25) is 0 Å². The number of pyridine rings is 1. The van der Waals surface area contributed by atoms with Crippen molar-refractivity contribution in [3.05, 3.63) is 83.9 Å². The van der Waals surface area contributed by atoms with Gasteiger partial charge >= 0.3 is 0 Å². The van der Waals surface area contributed by atoms with Crippen LogP contribution in [0.15, 0.2) is 66.9 Å². The van der Waals surface area contributed by atoms with Gasteiger partial charge in [-0.2, -0.15) is 0 Å². The lowest BCUT2D eigenvalue weighted by Crippen LogP contribution is -2.30. The van der Waals surface area contributed by atoms with Gasteiger partial charge in [0.1, 0.15) is 17.3 Å². The molecule has 1 amide bonds. The summed E-state index contributed by atoms with van der Waals surface area (Å²) in [6.45, 7) is -0.231. The zero-order chi connectivity index (χ0) is 22.7. The van der Waals surface area contributed by atoms with Crippen LogP contribution in [0, 0.1) is 5.82 Å². The largest absolute Gasteiger partial charge is 0.493 e. The highest BCUT2D eigenvalue weighted by Crippen LogP contribution is 2.27. The Morgan fingerprint density at radius 2 is 1.78 bits per heavy atom. The minimum atomic E-state index is -0.428. The molecule has 0 aliphatic rings. The van der Waals surface area contributed by atoms with E-state index in [2.05, 4.69) is 10.3 Å². The lowest BCUT2D eigenvalue weighted by molar-refractivity contribution is 0.0902. The molecule has 0 fully saturated rings. The molecule has 0 bridgehead atoms. The number of hydrogen-bond acceptors (Lipinski definition) is 5. The monoisotopic (exact) mass is 433 g/mol. The number of nitrogens with zero attached hydrogens (tertiary/aromatic N) is 2. The third kappa shape index (κ3) is 4.02. The van der Waals surface area contributed by atoms with Gasteiger partial charge in [0, 0.05) is 17.1 Å². The maximum absolute atomic E-state index is 14.0. The van der Waals surface area contributed by atoms with Gasteiger partial charge in [-0.15, -0.1) is 0 Å². The first-order valence-electron chi connectivity index (χ1n) is 9.78. The Morgan fingerprint density at radius 3 is 2.56 bits per heavy atom. The Labute approximate surface area is 183 Å². The van der Waals surface area contributed by atoms with E-state index in [4.69, 9.17) is 9.47 Å². The van der Waals surface area contributed by atoms with Gasteiger partial charge in [0.25, 0.3) is 5.91 Å². The minimum absolute atomic E-state index is 0.188. The molecule has 2 aromatic carbocycles. The Bertz CT molecular complexity index is 1320. The highest BCUT2D eigenvalue weighted by Gasteiger charge is 2.15. The van der Waals surface area contributed by atoms with Crippen LogP contribution in [0.2, 0.25) is 0 Å². The van der Waals surface area contributed by atoms with Crippen molar-refractivity contribution >= 4 is 22.6 Å². The first-order valence-corrected chi connectivity index (χ1v) is 9.78. The number of methoxy groups -OCH3 is 2. The molecule has 0 aliphatic carbocycles. The van der Waals surface area contributed by atoms with Crippen LogP contribution in [0.1, 0.15) is 20.8 Å². The van der Waals surface area contributed by atoms with Gasteiger partial charge in [-0.1, -0.05) is 12.1 Å². The van der Waals surface area contributed by atoms with E-state index in [1.165, 1.54) is 26.4 Å². The summed E-state index contributed by atoms with van der Waals surface area (Å²) in [5.41, 5.74) is 1.16. The fourth-order valence-electron chi connectivity index (χ4n) is 3.37. The molecule has 4 aromatic rings. The predicted octanol–water partition coefficient (Wildman–Crippen LogP) is 3.79. The molecule has 2 aromatic heterocycles. The summed E-state index contributed by atoms with van der Waals surface area (Å²) in [5.74, 6) is 0.273. The fourth-order valence-corrected chi connectivity index (χ4v) is 3.37. The van der Waals surface area contributed by atoms with Crippen molar-refractivity contribution in [1.29, 1.82) is 0 Å². The van der Waals surface area contributed by atoms with Crippen molar-refractivity contribution in [1.82, 2.24) is 14.9 Å². The minimum Gasteiger partial charge on any atom is -0.493 e. The van der Waals surface area contributed by atoms with Crippen molar-refractivity contribution < 1.29 is 23.5 Å². The highest BCUT2D eigenvalue weighted by atomic mass is 19.1. The molecule has 162 valence electrons. The molecule has 32 heavy (non-hydrogen) atoms. The number of ether oxygens (including phenoxy) is 2. The topological polar surface area (TPSA) is 82.5 Å². The van der Waals surface area contributed by atoms with Crippen LogP contribution in [-0.4, -0.2) is 42.0 Å². The molecule has 0 radical (unpaired) electrons. The molecule has 7 nitrogen and oxygen atoms in total. The molecular weight excluding hydrogens is 413 g/mol. The lowest BCUT2D eigenvalue weighted by Gasteiger charge is -2.10. The standard InChI is InChI=1S/C24H20FN3O4/c1-31-21-10-9-15(13-22(21)32-2)24(30)26-14-20(29)18-6-4-8-23(27-18)28-12-11-16-17(25)5-3-7-19(16)28/h3-13H,14H2,1-2H3,(H,26,30). The molecule has 0 unspecified atom stereocenters. The van der Waals surface area contributed by atoms with Crippen molar-refractivity contribution in [3.63, 3.8) is 0 Å². The number of aromatic nitrogens is 2. The number of benzene rings is 2. The summed E-state index contributed by atoms with van der Waals surface area (Å²) in [4.78, 5) is 29.5. The number of carbonyl (C=O) groups is 2. The van der Waals surface area contributed by atoms with Crippen molar-refractivity contribution in [2.45, 2.75) is 0 Å². The van der Waals surface area contributed by atoms with E-state index in [0.29, 0.717) is 33.8 Å². The number of hydrogen-bond donors (Lipinski definition) is 1. The summed E-state index contributed by atoms with van der Waals surface area (Å²) in [5, 5.41) is 3.06. The third-order valence-corrected chi connectivity index (χ3v) is 5.00. The van der Waals surface area contributed by atoms with Crippen LogP contribution in [0.3, 0.4) is 0 Å². The molecule has 4 rings (SSSR count). The number of Topliss-reactive ketones (excluding diaryl/α,β-unsaturated/α-hetero) is 1. The number of fused-ring (bicyclic) bond motifs is 1. The van der Waals surface area contributed by atoms with E-state index in [-0.39, 0.29) is 23.8 Å². The summed E-state index contributed by atoms with van der Waals surface area (Å²) in [6, 6.07) is 16.2. The number of nitrogens with one attached hydrogen (secondary N) is 1. The fraction of sp³-hybridized carbons (Fsp3) is 0.125. The van der Waals surface area contributed by atoms with E-state index >= 15 is 0 Å². The Balaban J connectivity index is 1.50. The quantitative estimate of drug-likeness (QED) is 0.449. The van der Waals surface area contributed by atoms with Crippen LogP contribution < -0.4 is 14.8 Å². The SMILES string of the molecule is COc1ccc(C(=O)NCC(=O)c2cccc(-n3ccc4c(F)cccc43)n2)cc1OC. The molecule has 0 saturated carbocycles. The van der Waals surface area contributed by atoms with Crippen LogP contribution in [-0.2, 0) is 0 Å². The molecule has 0 saturated heterocycles. The first-order chi connectivity index (χ1) is 15.5. The molecule has 1 N–H and O–H groups in total. The Hall–Kier alpha value is -4.20. The van der Waals surface area contributed by atoms with E-state index < -0.39 is 5.91 Å². The summed E-state index contributed by atoms with van der Waals surface area (Å²) >= 11 is 0. The van der Waals surface area contributed by atoms with Crippen LogP contribution >= 0.6 is 0 Å². The smallest absolute Gasteiger partial charge is 0.251 e. The van der Waals surface area contributed by atoms with E-state index in [1.54, 1.807) is 59.3 Å². The number of carbonyl (C=O) groups excluding carboxylic acids is 2. The molecule has 0 spiro atoms. The molecule has 8 heteroatoms. The van der Waals surface area contributed by atoms with Crippen molar-refractivity contribution in [2.75, 3.05) is 20.8 Å². The van der Waals surface area contributed by atoms with E-state index in [1.807, 2.05) is 0 Å². The molecule has 0 atom stereocenters. The summed E-state index contributed by atoms with van der Waals surface area (Å²) < 4.78 is 26.1. The second-order valence-corrected chi connectivity index (χ2v) is 6.92. The molecule has 0 aliphatic heterocycles. The number of halogens is 1. The van der Waals surface area contributed by atoms with Crippen molar-refractivity contribution in [2.24, 2.45) is 0 Å². The Morgan fingerprint density at radius 1 is 1.00 bits per heavy atom. The van der Waals surface area contributed by atoms with Crippen LogP contribution in [0.5, 0.6) is 11.5 Å². The van der Waals surface area contributed by atoms with Gasteiger partial charge in [-0.25, -0.2) is 9.37 Å². The average Bonchev–Trinajstić information content (AvgIpc) is 3.27. The van der Waals surface area contributed by atoms with Crippen LogP contribution in [0.25, 0.3) is 16.7 Å². The van der Waals surface area contributed by atoms with Gasteiger partial charge in [-0.3, -0.25) is 9.59 Å². The number of amides is 1. The molecule has 2 heterocycles. The number of ketones is 1. The van der Waals surface area contributed by atoms with E-state index in [0.717, 1.165) is 0 Å². The van der Waals surface area contributed by atoms with Crippen molar-refractivity contribution in [3.8, 4) is 17.3 Å². The Kier molecular flexibility index (Phi) is 5.85. The second-order valence-electron chi connectivity index (χ2n) is 6.92. The average molecular weight is 433 g/mol. The lowest BCUT2D eigenvalue weighted by atomic mass is 10.1. The van der Waals surface area contributed by atoms with Gasteiger partial charge < -0.3 is 19.4 Å². The van der Waals surface area contributed by atoms with Gasteiger partial charge in [0.15, 0.2) is 17.3 Å². The summed E-state index contributed by atoms with van der Waals surface area (Å²) in [6.07, 6.45) is 1.70. The first kappa shape index (κ1) is 21.0. The second kappa shape index (κ2) is 8.89. The zero-order valence-corrected chi connectivity index (χ0v) is 17.5. The van der Waals surface area contributed by atoms with Gasteiger partial charge in [0.05, 0.1) is 26.3 Å². The summed E-state index contributed by atoms with van der Waals surface area (Å²) in [7, 11) is 2.98. The maximum atomic E-state index is 14.0. The third-order valence-electron chi connectivity index (χ3n) is 5.00. The highest BCUT2D eigenvalue weighted by molar-refractivity contribution is 6.01. The van der Waals surface area contributed by atoms with E-state index in [9.17, 15) is 14.0 Å².